The van der Waals surface area contributed by atoms with Gasteiger partial charge in [-0.25, -0.2) is 0 Å². The van der Waals surface area contributed by atoms with E-state index in [4.69, 9.17) is 15.2 Å². The van der Waals surface area contributed by atoms with Crippen LogP contribution in [0.25, 0.3) is 0 Å². The van der Waals surface area contributed by atoms with E-state index in [1.165, 1.54) is 0 Å². The molecule has 0 aromatic heterocycles. The van der Waals surface area contributed by atoms with Crippen molar-refractivity contribution in [2.45, 2.75) is 38.7 Å². The Labute approximate surface area is 91.1 Å². The van der Waals surface area contributed by atoms with Crippen LogP contribution < -0.4 is 5.73 Å². The minimum Gasteiger partial charge on any atom is -0.463 e. The van der Waals surface area contributed by atoms with Crippen LogP contribution in [0, 0.1) is 5.92 Å². The van der Waals surface area contributed by atoms with Crippen LogP contribution in [-0.2, 0) is 14.3 Å². The standard InChI is InChI=1S/C11H21NO3/c1-9(4-2-6-12)11(13)15-8-10-5-3-7-14-10/h9-10H,2-8,12H2,1H3. The lowest BCUT2D eigenvalue weighted by Gasteiger charge is -2.13. The summed E-state index contributed by atoms with van der Waals surface area (Å²) in [6, 6.07) is 0. The summed E-state index contributed by atoms with van der Waals surface area (Å²) < 4.78 is 10.5. The molecule has 0 aromatic rings. The highest BCUT2D eigenvalue weighted by Gasteiger charge is 2.19. The second kappa shape index (κ2) is 6.80. The van der Waals surface area contributed by atoms with Gasteiger partial charge in [-0.05, 0) is 32.2 Å². The first-order chi connectivity index (χ1) is 7.24. The molecule has 0 aromatic carbocycles. The van der Waals surface area contributed by atoms with Gasteiger partial charge in [0.05, 0.1) is 12.0 Å². The average molecular weight is 215 g/mol. The topological polar surface area (TPSA) is 61.6 Å². The highest BCUT2D eigenvalue weighted by molar-refractivity contribution is 5.71. The first-order valence-electron chi connectivity index (χ1n) is 5.72. The molecule has 2 atom stereocenters. The molecule has 0 bridgehead atoms. The summed E-state index contributed by atoms with van der Waals surface area (Å²) in [5.41, 5.74) is 5.38. The average Bonchev–Trinajstić information content (AvgIpc) is 2.75. The van der Waals surface area contributed by atoms with Crippen molar-refractivity contribution in [2.75, 3.05) is 19.8 Å². The van der Waals surface area contributed by atoms with E-state index in [-0.39, 0.29) is 18.0 Å². The maximum atomic E-state index is 11.5. The third-order valence-electron chi connectivity index (χ3n) is 2.68. The zero-order valence-corrected chi connectivity index (χ0v) is 9.41. The van der Waals surface area contributed by atoms with E-state index in [0.717, 1.165) is 32.3 Å². The number of rotatable bonds is 6. The van der Waals surface area contributed by atoms with Gasteiger partial charge in [-0.1, -0.05) is 6.92 Å². The monoisotopic (exact) mass is 215 g/mol. The zero-order valence-electron chi connectivity index (χ0n) is 9.41. The lowest BCUT2D eigenvalue weighted by Crippen LogP contribution is -2.22. The van der Waals surface area contributed by atoms with Crippen molar-refractivity contribution in [3.05, 3.63) is 0 Å². The molecule has 1 aliphatic rings. The predicted octanol–water partition coefficient (Wildman–Crippen LogP) is 1.08. The fourth-order valence-corrected chi connectivity index (χ4v) is 1.64. The SMILES string of the molecule is CC(CCCN)C(=O)OCC1CCCO1. The second-order valence-electron chi connectivity index (χ2n) is 4.10. The van der Waals surface area contributed by atoms with E-state index in [9.17, 15) is 4.79 Å². The molecule has 1 aliphatic heterocycles. The predicted molar refractivity (Wildman–Crippen MR) is 57.4 cm³/mol. The Bertz CT molecular complexity index is 190. The molecular weight excluding hydrogens is 194 g/mol. The summed E-state index contributed by atoms with van der Waals surface area (Å²) in [5.74, 6) is -0.172. The van der Waals surface area contributed by atoms with E-state index in [0.29, 0.717) is 13.2 Å². The zero-order chi connectivity index (χ0) is 11.1. The second-order valence-corrected chi connectivity index (χ2v) is 4.10. The Hall–Kier alpha value is -0.610. The van der Waals surface area contributed by atoms with E-state index < -0.39 is 0 Å². The summed E-state index contributed by atoms with van der Waals surface area (Å²) in [4.78, 5) is 11.5. The van der Waals surface area contributed by atoms with Gasteiger partial charge in [0.2, 0.25) is 0 Å². The quantitative estimate of drug-likeness (QED) is 0.674. The molecule has 15 heavy (non-hydrogen) atoms. The molecule has 1 fully saturated rings. The molecule has 4 heteroatoms. The molecular formula is C11H21NO3. The van der Waals surface area contributed by atoms with Crippen LogP contribution in [0.5, 0.6) is 0 Å². The number of esters is 1. The number of hydrogen-bond donors (Lipinski definition) is 1. The number of carbonyl (C=O) groups excluding carboxylic acids is 1. The van der Waals surface area contributed by atoms with Gasteiger partial charge < -0.3 is 15.2 Å². The molecule has 88 valence electrons. The van der Waals surface area contributed by atoms with Gasteiger partial charge in [0.25, 0.3) is 0 Å². The highest BCUT2D eigenvalue weighted by Crippen LogP contribution is 2.13. The molecule has 1 heterocycles. The first-order valence-corrected chi connectivity index (χ1v) is 5.72. The minimum absolute atomic E-state index is 0.0463. The molecule has 1 saturated heterocycles. The fraction of sp³-hybridized carbons (Fsp3) is 0.909. The number of hydrogen-bond acceptors (Lipinski definition) is 4. The minimum atomic E-state index is -0.126. The van der Waals surface area contributed by atoms with E-state index in [1.54, 1.807) is 0 Å². The molecule has 0 saturated carbocycles. The maximum absolute atomic E-state index is 11.5. The van der Waals surface area contributed by atoms with Gasteiger partial charge in [0.15, 0.2) is 0 Å². The number of carbonyl (C=O) groups is 1. The summed E-state index contributed by atoms with van der Waals surface area (Å²) in [6.07, 6.45) is 3.88. The van der Waals surface area contributed by atoms with Crippen LogP contribution in [0.2, 0.25) is 0 Å². The van der Waals surface area contributed by atoms with E-state index in [1.807, 2.05) is 6.92 Å². The summed E-state index contributed by atoms with van der Waals surface area (Å²) in [7, 11) is 0. The largest absolute Gasteiger partial charge is 0.463 e. The lowest BCUT2D eigenvalue weighted by atomic mass is 10.1. The van der Waals surface area contributed by atoms with Crippen LogP contribution in [0.4, 0.5) is 0 Å². The molecule has 2 unspecified atom stereocenters. The van der Waals surface area contributed by atoms with Crippen molar-refractivity contribution in [3.8, 4) is 0 Å². The smallest absolute Gasteiger partial charge is 0.308 e. The highest BCUT2D eigenvalue weighted by atomic mass is 16.6. The van der Waals surface area contributed by atoms with Gasteiger partial charge in [-0.3, -0.25) is 4.79 Å². The Balaban J connectivity index is 2.11. The van der Waals surface area contributed by atoms with E-state index in [2.05, 4.69) is 0 Å². The van der Waals surface area contributed by atoms with Gasteiger partial charge in [0, 0.05) is 6.61 Å². The van der Waals surface area contributed by atoms with Crippen molar-refractivity contribution >= 4 is 5.97 Å². The van der Waals surface area contributed by atoms with Gasteiger partial charge in [-0.2, -0.15) is 0 Å². The number of nitrogens with two attached hydrogens (primary N) is 1. The van der Waals surface area contributed by atoms with Crippen molar-refractivity contribution in [3.63, 3.8) is 0 Å². The molecule has 2 N–H and O–H groups in total. The number of ether oxygens (including phenoxy) is 2. The molecule has 1 rings (SSSR count). The third-order valence-corrected chi connectivity index (χ3v) is 2.68. The van der Waals surface area contributed by atoms with Crippen LogP contribution in [-0.4, -0.2) is 31.8 Å². The lowest BCUT2D eigenvalue weighted by molar-refractivity contribution is -0.151. The molecule has 0 spiro atoms. The van der Waals surface area contributed by atoms with Crippen molar-refractivity contribution < 1.29 is 14.3 Å². The first kappa shape index (κ1) is 12.5. The van der Waals surface area contributed by atoms with Crippen LogP contribution in [0.1, 0.15) is 32.6 Å². The summed E-state index contributed by atoms with van der Waals surface area (Å²) in [5, 5.41) is 0. The summed E-state index contributed by atoms with van der Waals surface area (Å²) in [6.45, 7) is 3.72. The van der Waals surface area contributed by atoms with Gasteiger partial charge >= 0.3 is 5.97 Å². The fourth-order valence-electron chi connectivity index (χ4n) is 1.64. The van der Waals surface area contributed by atoms with Gasteiger partial charge in [0.1, 0.15) is 6.61 Å². The molecule has 0 aliphatic carbocycles. The Morgan fingerprint density at radius 2 is 2.47 bits per heavy atom. The third kappa shape index (κ3) is 4.62. The van der Waals surface area contributed by atoms with Crippen molar-refractivity contribution in [1.82, 2.24) is 0 Å². The van der Waals surface area contributed by atoms with Gasteiger partial charge in [-0.15, -0.1) is 0 Å². The van der Waals surface area contributed by atoms with Crippen molar-refractivity contribution in [2.24, 2.45) is 11.7 Å². The van der Waals surface area contributed by atoms with Crippen molar-refractivity contribution in [1.29, 1.82) is 0 Å². The van der Waals surface area contributed by atoms with Crippen LogP contribution >= 0.6 is 0 Å². The van der Waals surface area contributed by atoms with Crippen LogP contribution in [0.3, 0.4) is 0 Å². The summed E-state index contributed by atoms with van der Waals surface area (Å²) >= 11 is 0. The molecule has 0 radical (unpaired) electrons. The molecule has 0 amide bonds. The Morgan fingerprint density at radius 3 is 3.07 bits per heavy atom. The van der Waals surface area contributed by atoms with E-state index >= 15 is 0 Å². The Morgan fingerprint density at radius 1 is 1.67 bits per heavy atom. The molecule has 4 nitrogen and oxygen atoms in total. The maximum Gasteiger partial charge on any atom is 0.308 e. The normalized spacial score (nSPS) is 22.7. The van der Waals surface area contributed by atoms with Crippen LogP contribution in [0.15, 0.2) is 0 Å². The Kier molecular flexibility index (Phi) is 5.65.